The summed E-state index contributed by atoms with van der Waals surface area (Å²) in [5.74, 6) is -0.167. The Kier molecular flexibility index (Phi) is 4.32. The molecule has 1 aliphatic rings. The van der Waals surface area contributed by atoms with Crippen LogP contribution in [0.2, 0.25) is 0 Å². The van der Waals surface area contributed by atoms with Crippen LogP contribution in [0, 0.1) is 0 Å². The van der Waals surface area contributed by atoms with Gasteiger partial charge in [0.15, 0.2) is 0 Å². The average molecular weight is 360 g/mol. The molecule has 1 aliphatic carbocycles. The number of benzene rings is 2. The summed E-state index contributed by atoms with van der Waals surface area (Å²) in [5.41, 5.74) is 2.18. The number of aryl methyl sites for hydroxylation is 1. The van der Waals surface area contributed by atoms with Gasteiger partial charge in [-0.15, -0.1) is 0 Å². The summed E-state index contributed by atoms with van der Waals surface area (Å²) in [6.45, 7) is 0.265. The molecular formula is C18H18BrNO2. The normalized spacial score (nSPS) is 20.3. The molecule has 0 aliphatic heterocycles. The SMILES string of the molecule is O=C(NC[C@@]1(O)CCc2ccccc2C1)c1ccccc1Br. The summed E-state index contributed by atoms with van der Waals surface area (Å²) in [6.07, 6.45) is 2.09. The van der Waals surface area contributed by atoms with Crippen molar-refractivity contribution in [2.75, 3.05) is 6.54 Å². The molecule has 114 valence electrons. The van der Waals surface area contributed by atoms with Crippen LogP contribution in [0.1, 0.15) is 27.9 Å². The molecule has 0 aromatic heterocycles. The summed E-state index contributed by atoms with van der Waals surface area (Å²) in [7, 11) is 0. The van der Waals surface area contributed by atoms with Crippen molar-refractivity contribution in [3.8, 4) is 0 Å². The number of fused-ring (bicyclic) bond motifs is 1. The Morgan fingerprint density at radius 2 is 1.82 bits per heavy atom. The van der Waals surface area contributed by atoms with Crippen LogP contribution in [0.3, 0.4) is 0 Å². The van der Waals surface area contributed by atoms with Crippen molar-refractivity contribution in [2.24, 2.45) is 0 Å². The van der Waals surface area contributed by atoms with Gasteiger partial charge in [0.1, 0.15) is 0 Å². The predicted molar refractivity (Wildman–Crippen MR) is 89.9 cm³/mol. The molecule has 3 rings (SSSR count). The van der Waals surface area contributed by atoms with Crippen molar-refractivity contribution in [1.82, 2.24) is 5.32 Å². The lowest BCUT2D eigenvalue weighted by Gasteiger charge is -2.33. The zero-order chi connectivity index (χ0) is 15.6. The highest BCUT2D eigenvalue weighted by Crippen LogP contribution is 2.28. The molecule has 0 heterocycles. The minimum atomic E-state index is -0.870. The third-order valence-electron chi connectivity index (χ3n) is 4.19. The average Bonchev–Trinajstić information content (AvgIpc) is 2.53. The van der Waals surface area contributed by atoms with Gasteiger partial charge < -0.3 is 10.4 Å². The monoisotopic (exact) mass is 359 g/mol. The summed E-state index contributed by atoms with van der Waals surface area (Å²) >= 11 is 3.37. The Bertz CT molecular complexity index is 701. The summed E-state index contributed by atoms with van der Waals surface area (Å²) in [5, 5.41) is 13.6. The standard InChI is InChI=1S/C18H18BrNO2/c19-16-8-4-3-7-15(16)17(21)20-12-18(22)10-9-13-5-1-2-6-14(13)11-18/h1-8,22H,9-12H2,(H,20,21)/t18-/m1/s1. The molecule has 2 aromatic rings. The molecule has 0 unspecified atom stereocenters. The van der Waals surface area contributed by atoms with E-state index in [4.69, 9.17) is 0 Å². The van der Waals surface area contributed by atoms with Crippen LogP contribution >= 0.6 is 15.9 Å². The van der Waals surface area contributed by atoms with Crippen molar-refractivity contribution in [3.05, 3.63) is 69.7 Å². The van der Waals surface area contributed by atoms with E-state index in [1.807, 2.05) is 30.3 Å². The van der Waals surface area contributed by atoms with Crippen molar-refractivity contribution in [2.45, 2.75) is 24.9 Å². The molecule has 2 N–H and O–H groups in total. The zero-order valence-electron chi connectivity index (χ0n) is 12.2. The molecular weight excluding hydrogens is 342 g/mol. The molecule has 1 atom stereocenters. The minimum Gasteiger partial charge on any atom is -0.388 e. The fourth-order valence-corrected chi connectivity index (χ4v) is 3.39. The van der Waals surface area contributed by atoms with Crippen LogP contribution in [0.25, 0.3) is 0 Å². The maximum absolute atomic E-state index is 12.2. The van der Waals surface area contributed by atoms with Gasteiger partial charge in [0, 0.05) is 17.4 Å². The molecule has 2 aromatic carbocycles. The van der Waals surface area contributed by atoms with Gasteiger partial charge in [0.05, 0.1) is 11.2 Å². The third-order valence-corrected chi connectivity index (χ3v) is 4.89. The first-order chi connectivity index (χ1) is 10.6. The van der Waals surface area contributed by atoms with Crippen LogP contribution in [-0.2, 0) is 12.8 Å². The number of carbonyl (C=O) groups is 1. The van der Waals surface area contributed by atoms with E-state index in [1.54, 1.807) is 6.07 Å². The number of hydrogen-bond acceptors (Lipinski definition) is 2. The Morgan fingerprint density at radius 1 is 1.14 bits per heavy atom. The van der Waals surface area contributed by atoms with E-state index in [0.29, 0.717) is 18.4 Å². The number of hydrogen-bond donors (Lipinski definition) is 2. The van der Waals surface area contributed by atoms with Crippen LogP contribution in [0.5, 0.6) is 0 Å². The first-order valence-electron chi connectivity index (χ1n) is 7.39. The van der Waals surface area contributed by atoms with Crippen molar-refractivity contribution in [1.29, 1.82) is 0 Å². The van der Waals surface area contributed by atoms with Crippen LogP contribution in [0.4, 0.5) is 0 Å². The Balaban J connectivity index is 1.67. The minimum absolute atomic E-state index is 0.167. The zero-order valence-corrected chi connectivity index (χ0v) is 13.8. The quantitative estimate of drug-likeness (QED) is 0.884. The lowest BCUT2D eigenvalue weighted by Crippen LogP contribution is -2.46. The van der Waals surface area contributed by atoms with E-state index in [0.717, 1.165) is 10.9 Å². The van der Waals surface area contributed by atoms with Crippen molar-refractivity contribution >= 4 is 21.8 Å². The van der Waals surface area contributed by atoms with Crippen LogP contribution in [-0.4, -0.2) is 23.2 Å². The van der Waals surface area contributed by atoms with E-state index < -0.39 is 5.60 Å². The Labute approximate surface area is 138 Å². The smallest absolute Gasteiger partial charge is 0.252 e. The van der Waals surface area contributed by atoms with E-state index in [1.165, 1.54) is 11.1 Å². The first-order valence-corrected chi connectivity index (χ1v) is 8.19. The molecule has 1 amide bonds. The second kappa shape index (κ2) is 6.23. The lowest BCUT2D eigenvalue weighted by molar-refractivity contribution is 0.0260. The highest BCUT2D eigenvalue weighted by molar-refractivity contribution is 9.10. The number of nitrogens with one attached hydrogen (secondary N) is 1. The third kappa shape index (κ3) is 3.23. The Hall–Kier alpha value is -1.65. The summed E-state index contributed by atoms with van der Waals surface area (Å²) in [6, 6.07) is 15.5. The van der Waals surface area contributed by atoms with Gasteiger partial charge in [-0.1, -0.05) is 36.4 Å². The van der Waals surface area contributed by atoms with Gasteiger partial charge in [-0.3, -0.25) is 4.79 Å². The fourth-order valence-electron chi connectivity index (χ4n) is 2.92. The maximum Gasteiger partial charge on any atom is 0.252 e. The van der Waals surface area contributed by atoms with Gasteiger partial charge in [-0.05, 0) is 52.0 Å². The van der Waals surface area contributed by atoms with Crippen molar-refractivity contribution < 1.29 is 9.90 Å². The highest BCUT2D eigenvalue weighted by atomic mass is 79.9. The largest absolute Gasteiger partial charge is 0.388 e. The van der Waals surface area contributed by atoms with Crippen LogP contribution in [0.15, 0.2) is 53.0 Å². The maximum atomic E-state index is 12.2. The second-order valence-electron chi connectivity index (χ2n) is 5.83. The molecule has 0 bridgehead atoms. The number of amides is 1. The summed E-state index contributed by atoms with van der Waals surface area (Å²) < 4.78 is 0.758. The van der Waals surface area contributed by atoms with E-state index in [9.17, 15) is 9.90 Å². The van der Waals surface area contributed by atoms with Gasteiger partial charge >= 0.3 is 0 Å². The first kappa shape index (κ1) is 15.3. The predicted octanol–water partition coefficient (Wildman–Crippen LogP) is 3.10. The second-order valence-corrected chi connectivity index (χ2v) is 6.69. The molecule has 4 heteroatoms. The molecule has 0 saturated heterocycles. The number of halogens is 1. The van der Waals surface area contributed by atoms with Crippen LogP contribution < -0.4 is 5.32 Å². The molecule has 0 fully saturated rings. The summed E-state index contributed by atoms with van der Waals surface area (Å²) in [4.78, 5) is 12.2. The van der Waals surface area contributed by atoms with E-state index in [-0.39, 0.29) is 12.5 Å². The fraction of sp³-hybridized carbons (Fsp3) is 0.278. The molecule has 0 saturated carbocycles. The molecule has 0 radical (unpaired) electrons. The van der Waals surface area contributed by atoms with Gasteiger partial charge in [0.25, 0.3) is 5.91 Å². The number of aliphatic hydroxyl groups is 1. The molecule has 22 heavy (non-hydrogen) atoms. The number of carbonyl (C=O) groups excluding carboxylic acids is 1. The van der Waals surface area contributed by atoms with Crippen molar-refractivity contribution in [3.63, 3.8) is 0 Å². The highest BCUT2D eigenvalue weighted by Gasteiger charge is 2.32. The molecule has 3 nitrogen and oxygen atoms in total. The van der Waals surface area contributed by atoms with E-state index in [2.05, 4.69) is 33.4 Å². The van der Waals surface area contributed by atoms with Gasteiger partial charge in [0.2, 0.25) is 0 Å². The van der Waals surface area contributed by atoms with Gasteiger partial charge in [-0.2, -0.15) is 0 Å². The van der Waals surface area contributed by atoms with Gasteiger partial charge in [-0.25, -0.2) is 0 Å². The lowest BCUT2D eigenvalue weighted by atomic mass is 9.80. The van der Waals surface area contributed by atoms with E-state index >= 15 is 0 Å². The number of rotatable bonds is 3. The molecule has 0 spiro atoms. The topological polar surface area (TPSA) is 49.3 Å². The Morgan fingerprint density at radius 3 is 2.59 bits per heavy atom.